The SMILES string of the molecule is CC(C)NCC=CC(=O)N1CC(N(C)c2cc(-c3cnccn3)c[nH]c2=O)C1. The third-order valence-corrected chi connectivity index (χ3v) is 4.75. The Kier molecular flexibility index (Phi) is 6.20. The number of aromatic nitrogens is 3. The number of rotatable bonds is 7. The first-order valence-electron chi connectivity index (χ1n) is 9.36. The molecule has 0 unspecified atom stereocenters. The highest BCUT2D eigenvalue weighted by atomic mass is 16.2. The van der Waals surface area contributed by atoms with Crippen LogP contribution in [-0.2, 0) is 4.79 Å². The van der Waals surface area contributed by atoms with E-state index in [-0.39, 0.29) is 17.5 Å². The van der Waals surface area contributed by atoms with Gasteiger partial charge in [-0.25, -0.2) is 0 Å². The number of pyridine rings is 1. The maximum absolute atomic E-state index is 12.3. The van der Waals surface area contributed by atoms with Crippen molar-refractivity contribution in [1.82, 2.24) is 25.2 Å². The summed E-state index contributed by atoms with van der Waals surface area (Å²) in [4.78, 5) is 39.3. The van der Waals surface area contributed by atoms with Crippen LogP contribution in [0.4, 0.5) is 5.69 Å². The van der Waals surface area contributed by atoms with Gasteiger partial charge in [-0.3, -0.25) is 19.6 Å². The molecule has 8 nitrogen and oxygen atoms in total. The molecule has 0 radical (unpaired) electrons. The van der Waals surface area contributed by atoms with Crippen LogP contribution in [-0.4, -0.2) is 64.5 Å². The van der Waals surface area contributed by atoms with E-state index >= 15 is 0 Å². The van der Waals surface area contributed by atoms with E-state index in [1.165, 1.54) is 0 Å². The number of anilines is 1. The van der Waals surface area contributed by atoms with Gasteiger partial charge in [0.2, 0.25) is 5.91 Å². The maximum Gasteiger partial charge on any atom is 0.271 e. The number of likely N-dealkylation sites (tertiary alicyclic amines) is 1. The highest BCUT2D eigenvalue weighted by molar-refractivity contribution is 5.88. The lowest BCUT2D eigenvalue weighted by atomic mass is 10.1. The molecule has 2 N–H and O–H groups in total. The van der Waals surface area contributed by atoms with Crippen LogP contribution >= 0.6 is 0 Å². The molecular weight excluding hydrogens is 356 g/mol. The van der Waals surface area contributed by atoms with E-state index in [9.17, 15) is 9.59 Å². The van der Waals surface area contributed by atoms with E-state index in [0.717, 1.165) is 5.56 Å². The molecule has 1 aliphatic rings. The summed E-state index contributed by atoms with van der Waals surface area (Å²) in [5, 5.41) is 3.24. The molecule has 3 rings (SSSR count). The summed E-state index contributed by atoms with van der Waals surface area (Å²) < 4.78 is 0. The third kappa shape index (κ3) is 4.64. The molecule has 0 spiro atoms. The summed E-state index contributed by atoms with van der Waals surface area (Å²) >= 11 is 0. The van der Waals surface area contributed by atoms with Gasteiger partial charge in [-0.1, -0.05) is 19.9 Å². The number of carbonyl (C=O) groups excluding carboxylic acids is 1. The Balaban J connectivity index is 1.61. The molecule has 8 heteroatoms. The molecule has 0 bridgehead atoms. The number of hydrogen-bond acceptors (Lipinski definition) is 6. The topological polar surface area (TPSA) is 94.2 Å². The average molecular weight is 382 g/mol. The molecule has 0 saturated carbocycles. The van der Waals surface area contributed by atoms with Crippen molar-refractivity contribution in [3.8, 4) is 11.3 Å². The van der Waals surface area contributed by atoms with Gasteiger partial charge in [0.15, 0.2) is 0 Å². The van der Waals surface area contributed by atoms with Crippen molar-refractivity contribution in [2.75, 3.05) is 31.6 Å². The Hall–Kier alpha value is -3.00. The van der Waals surface area contributed by atoms with Crippen LogP contribution < -0.4 is 15.8 Å². The van der Waals surface area contributed by atoms with Crippen molar-refractivity contribution < 1.29 is 4.79 Å². The lowest BCUT2D eigenvalue weighted by molar-refractivity contribution is -0.130. The van der Waals surface area contributed by atoms with Crippen LogP contribution in [0.3, 0.4) is 0 Å². The van der Waals surface area contributed by atoms with E-state index in [4.69, 9.17) is 0 Å². The van der Waals surface area contributed by atoms with E-state index < -0.39 is 0 Å². The van der Waals surface area contributed by atoms with Crippen molar-refractivity contribution in [3.63, 3.8) is 0 Å². The van der Waals surface area contributed by atoms with Gasteiger partial charge in [0.1, 0.15) is 5.69 Å². The molecule has 1 amide bonds. The first-order valence-corrected chi connectivity index (χ1v) is 9.36. The molecular formula is C20H26N6O2. The number of likely N-dealkylation sites (N-methyl/N-ethyl adjacent to an activating group) is 1. The largest absolute Gasteiger partial charge is 0.364 e. The first-order chi connectivity index (χ1) is 13.5. The van der Waals surface area contributed by atoms with Gasteiger partial charge in [0, 0.05) is 63.0 Å². The third-order valence-electron chi connectivity index (χ3n) is 4.75. The molecule has 1 fully saturated rings. The fraction of sp³-hybridized carbons (Fsp3) is 0.400. The van der Waals surface area contributed by atoms with Gasteiger partial charge >= 0.3 is 0 Å². The fourth-order valence-electron chi connectivity index (χ4n) is 2.98. The Morgan fingerprint density at radius 2 is 2.21 bits per heavy atom. The van der Waals surface area contributed by atoms with E-state index in [1.807, 2.05) is 24.1 Å². The van der Waals surface area contributed by atoms with E-state index in [2.05, 4.69) is 34.1 Å². The van der Waals surface area contributed by atoms with E-state index in [0.29, 0.717) is 37.1 Å². The number of nitrogens with zero attached hydrogens (tertiary/aromatic N) is 4. The van der Waals surface area contributed by atoms with Crippen molar-refractivity contribution >= 4 is 11.6 Å². The van der Waals surface area contributed by atoms with Gasteiger partial charge in [0.25, 0.3) is 5.56 Å². The average Bonchev–Trinajstić information content (AvgIpc) is 2.65. The molecule has 1 saturated heterocycles. The Morgan fingerprint density at radius 3 is 2.89 bits per heavy atom. The number of nitrogens with one attached hydrogen (secondary N) is 2. The predicted octanol–water partition coefficient (Wildman–Crippen LogP) is 1.03. The van der Waals surface area contributed by atoms with Crippen LogP contribution in [0.25, 0.3) is 11.3 Å². The monoisotopic (exact) mass is 382 g/mol. The molecule has 2 aromatic rings. The van der Waals surface area contributed by atoms with Gasteiger partial charge in [0.05, 0.1) is 17.9 Å². The van der Waals surface area contributed by atoms with Gasteiger partial charge in [-0.2, -0.15) is 0 Å². The zero-order valence-electron chi connectivity index (χ0n) is 16.4. The smallest absolute Gasteiger partial charge is 0.271 e. The molecule has 148 valence electrons. The normalized spacial score (nSPS) is 14.5. The second kappa shape index (κ2) is 8.79. The van der Waals surface area contributed by atoms with Crippen LogP contribution in [0, 0.1) is 0 Å². The zero-order chi connectivity index (χ0) is 20.1. The molecule has 0 atom stereocenters. The molecule has 1 aliphatic heterocycles. The second-order valence-electron chi connectivity index (χ2n) is 7.17. The predicted molar refractivity (Wildman–Crippen MR) is 109 cm³/mol. The molecule has 28 heavy (non-hydrogen) atoms. The minimum absolute atomic E-state index is 0.00238. The summed E-state index contributed by atoms with van der Waals surface area (Å²) in [6.45, 7) is 5.97. The Morgan fingerprint density at radius 1 is 1.43 bits per heavy atom. The lowest BCUT2D eigenvalue weighted by Gasteiger charge is -2.44. The van der Waals surface area contributed by atoms with Gasteiger partial charge in [-0.15, -0.1) is 0 Å². The Labute approximate surface area is 164 Å². The first kappa shape index (κ1) is 19.8. The van der Waals surface area contributed by atoms with Crippen molar-refractivity contribution in [2.24, 2.45) is 0 Å². The minimum Gasteiger partial charge on any atom is -0.364 e. The lowest BCUT2D eigenvalue weighted by Crippen LogP contribution is -2.60. The number of hydrogen-bond donors (Lipinski definition) is 2. The second-order valence-corrected chi connectivity index (χ2v) is 7.17. The quantitative estimate of drug-likeness (QED) is 0.695. The van der Waals surface area contributed by atoms with Crippen LogP contribution in [0.5, 0.6) is 0 Å². The maximum atomic E-state index is 12.3. The number of carbonyl (C=O) groups is 1. The summed E-state index contributed by atoms with van der Waals surface area (Å²) in [6, 6.07) is 2.30. The number of aromatic amines is 1. The highest BCUT2D eigenvalue weighted by Gasteiger charge is 2.33. The summed E-state index contributed by atoms with van der Waals surface area (Å²) in [5.74, 6) is -0.00238. The van der Waals surface area contributed by atoms with Crippen molar-refractivity contribution in [1.29, 1.82) is 0 Å². The summed E-state index contributed by atoms with van der Waals surface area (Å²) in [5.41, 5.74) is 1.87. The zero-order valence-corrected chi connectivity index (χ0v) is 16.4. The van der Waals surface area contributed by atoms with Crippen molar-refractivity contribution in [2.45, 2.75) is 25.9 Å². The van der Waals surface area contributed by atoms with Gasteiger partial charge < -0.3 is 20.1 Å². The van der Waals surface area contributed by atoms with Crippen LogP contribution in [0.2, 0.25) is 0 Å². The molecule has 2 aromatic heterocycles. The molecule has 0 aliphatic carbocycles. The van der Waals surface area contributed by atoms with Crippen LogP contribution in [0.1, 0.15) is 13.8 Å². The summed E-state index contributed by atoms with van der Waals surface area (Å²) in [6.07, 6.45) is 9.96. The number of H-pyrrole nitrogens is 1. The van der Waals surface area contributed by atoms with Crippen molar-refractivity contribution in [3.05, 3.63) is 53.4 Å². The van der Waals surface area contributed by atoms with Crippen LogP contribution in [0.15, 0.2) is 47.8 Å². The highest BCUT2D eigenvalue weighted by Crippen LogP contribution is 2.22. The Bertz CT molecular complexity index is 887. The van der Waals surface area contributed by atoms with Gasteiger partial charge in [-0.05, 0) is 6.07 Å². The molecule has 3 heterocycles. The minimum atomic E-state index is -0.167. The molecule has 0 aromatic carbocycles. The fourth-order valence-corrected chi connectivity index (χ4v) is 2.98. The number of amides is 1. The summed E-state index contributed by atoms with van der Waals surface area (Å²) in [7, 11) is 1.87. The van der Waals surface area contributed by atoms with E-state index in [1.54, 1.807) is 35.8 Å². The standard InChI is InChI=1S/C20H26N6O2/c1-14(2)22-6-4-5-19(27)26-12-16(13-26)25(3)18-9-15(10-24-20(18)28)17-11-21-7-8-23-17/h4-5,7-11,14,16,22H,6,12-13H2,1-3H3,(H,24,28).